The Morgan fingerprint density at radius 3 is 2.28 bits per heavy atom. The van der Waals surface area contributed by atoms with Gasteiger partial charge in [-0.1, -0.05) is 36.4 Å². The van der Waals surface area contributed by atoms with Gasteiger partial charge in [0.15, 0.2) is 9.84 Å². The molecule has 2 aromatic rings. The van der Waals surface area contributed by atoms with Gasteiger partial charge in [0, 0.05) is 51.1 Å². The third kappa shape index (κ3) is 6.96. The molecule has 0 spiro atoms. The molecule has 1 fully saturated rings. The molecule has 0 radical (unpaired) electrons. The maximum absolute atomic E-state index is 12.4. The normalized spacial score (nSPS) is 15.9. The first-order chi connectivity index (χ1) is 13.8. The largest absolute Gasteiger partial charge is 0.348 e. The van der Waals surface area contributed by atoms with E-state index in [1.807, 2.05) is 12.1 Å². The zero-order valence-electron chi connectivity index (χ0n) is 17.1. The van der Waals surface area contributed by atoms with Gasteiger partial charge in [-0.25, -0.2) is 8.42 Å². The number of nitrogens with one attached hydrogen (secondary N) is 1. The number of hydrogen-bond donors (Lipinski definition) is 1. The Morgan fingerprint density at radius 2 is 1.62 bits per heavy atom. The molecule has 2 aromatic carbocycles. The molecule has 6 nitrogen and oxygen atoms in total. The van der Waals surface area contributed by atoms with Crippen molar-refractivity contribution in [3.8, 4) is 0 Å². The second-order valence-corrected chi connectivity index (χ2v) is 9.99. The highest BCUT2D eigenvalue weighted by Gasteiger charge is 2.14. The summed E-state index contributed by atoms with van der Waals surface area (Å²) in [6.07, 6.45) is 1.20. The molecule has 0 aromatic heterocycles. The number of amides is 1. The molecule has 0 atom stereocenters. The summed E-state index contributed by atoms with van der Waals surface area (Å²) >= 11 is 0. The van der Waals surface area contributed by atoms with Crippen molar-refractivity contribution in [2.45, 2.75) is 18.8 Å². The van der Waals surface area contributed by atoms with Crippen LogP contribution in [-0.2, 0) is 28.7 Å². The van der Waals surface area contributed by atoms with Crippen LogP contribution in [0.1, 0.15) is 27.0 Å². The molecule has 1 aliphatic rings. The van der Waals surface area contributed by atoms with Crippen molar-refractivity contribution in [1.82, 2.24) is 15.1 Å². The quantitative estimate of drug-likeness (QED) is 0.748. The van der Waals surface area contributed by atoms with E-state index in [9.17, 15) is 13.2 Å². The molecular formula is C22H29N3O3S. The van der Waals surface area contributed by atoms with E-state index in [4.69, 9.17) is 0 Å². The Bertz CT molecular complexity index is 934. The van der Waals surface area contributed by atoms with Gasteiger partial charge in [-0.05, 0) is 35.9 Å². The van der Waals surface area contributed by atoms with Crippen molar-refractivity contribution >= 4 is 15.7 Å². The molecule has 1 N–H and O–H groups in total. The minimum Gasteiger partial charge on any atom is -0.348 e. The van der Waals surface area contributed by atoms with E-state index in [1.165, 1.54) is 11.8 Å². The van der Waals surface area contributed by atoms with Crippen molar-refractivity contribution in [2.75, 3.05) is 39.5 Å². The van der Waals surface area contributed by atoms with Gasteiger partial charge in [-0.3, -0.25) is 9.69 Å². The van der Waals surface area contributed by atoms with E-state index < -0.39 is 9.84 Å². The average molecular weight is 416 g/mol. The molecule has 156 valence electrons. The third-order valence-corrected chi connectivity index (χ3v) is 5.95. The molecule has 3 rings (SSSR count). The maximum Gasteiger partial charge on any atom is 0.251 e. The number of piperazine rings is 1. The molecule has 0 aliphatic carbocycles. The first kappa shape index (κ1) is 21.5. The predicted octanol–water partition coefficient (Wildman–Crippen LogP) is 1.91. The maximum atomic E-state index is 12.4. The summed E-state index contributed by atoms with van der Waals surface area (Å²) in [6.45, 7) is 5.73. The molecule has 29 heavy (non-hydrogen) atoms. The summed E-state index contributed by atoms with van der Waals surface area (Å²) < 4.78 is 22.7. The van der Waals surface area contributed by atoms with Crippen LogP contribution in [0, 0.1) is 0 Å². The van der Waals surface area contributed by atoms with E-state index in [-0.39, 0.29) is 11.7 Å². The summed E-state index contributed by atoms with van der Waals surface area (Å²) in [5.41, 5.74) is 3.53. The number of benzene rings is 2. The van der Waals surface area contributed by atoms with Crippen molar-refractivity contribution < 1.29 is 13.2 Å². The Balaban J connectivity index is 1.53. The van der Waals surface area contributed by atoms with Gasteiger partial charge < -0.3 is 10.2 Å². The molecule has 0 bridgehead atoms. The smallest absolute Gasteiger partial charge is 0.251 e. The van der Waals surface area contributed by atoms with Gasteiger partial charge in [0.05, 0.1) is 5.75 Å². The highest BCUT2D eigenvalue weighted by atomic mass is 32.2. The van der Waals surface area contributed by atoms with Crippen LogP contribution in [0.5, 0.6) is 0 Å². The Kier molecular flexibility index (Phi) is 7.05. The summed E-state index contributed by atoms with van der Waals surface area (Å²) in [6, 6.07) is 15.0. The van der Waals surface area contributed by atoms with Gasteiger partial charge in [-0.15, -0.1) is 0 Å². The van der Waals surface area contributed by atoms with E-state index in [0.717, 1.165) is 38.3 Å². The van der Waals surface area contributed by atoms with Crippen LogP contribution in [0.4, 0.5) is 0 Å². The second-order valence-electron chi connectivity index (χ2n) is 7.85. The van der Waals surface area contributed by atoms with Gasteiger partial charge >= 0.3 is 0 Å². The minimum atomic E-state index is -3.08. The lowest BCUT2D eigenvalue weighted by atomic mass is 10.1. The van der Waals surface area contributed by atoms with Gasteiger partial charge in [0.2, 0.25) is 0 Å². The minimum absolute atomic E-state index is 0.0189. The van der Waals surface area contributed by atoms with Crippen LogP contribution >= 0.6 is 0 Å². The number of hydrogen-bond acceptors (Lipinski definition) is 5. The molecule has 0 saturated carbocycles. The summed E-state index contributed by atoms with van der Waals surface area (Å²) in [7, 11) is -0.928. The second kappa shape index (κ2) is 9.52. The monoisotopic (exact) mass is 415 g/mol. The van der Waals surface area contributed by atoms with E-state index in [0.29, 0.717) is 17.7 Å². The molecular weight excluding hydrogens is 386 g/mol. The van der Waals surface area contributed by atoms with Crippen LogP contribution in [0.3, 0.4) is 0 Å². The zero-order valence-corrected chi connectivity index (χ0v) is 17.9. The molecule has 1 heterocycles. The van der Waals surface area contributed by atoms with Crippen molar-refractivity contribution in [3.63, 3.8) is 0 Å². The fourth-order valence-corrected chi connectivity index (χ4v) is 4.24. The van der Waals surface area contributed by atoms with Gasteiger partial charge in [0.25, 0.3) is 5.91 Å². The number of rotatable bonds is 7. The number of likely N-dealkylation sites (N-methyl/N-ethyl adjacent to an activating group) is 1. The Hall–Kier alpha value is -2.22. The van der Waals surface area contributed by atoms with Crippen LogP contribution < -0.4 is 5.32 Å². The van der Waals surface area contributed by atoms with E-state index in [1.54, 1.807) is 24.3 Å². The Labute approximate surface area is 173 Å². The number of carbonyl (C=O) groups is 1. The third-order valence-electron chi connectivity index (χ3n) is 5.09. The first-order valence-corrected chi connectivity index (χ1v) is 11.9. The molecule has 1 amide bonds. The SMILES string of the molecule is CN1CCN(Cc2cccc(CNC(=O)c3ccc(CS(C)(=O)=O)cc3)c2)CC1. The summed E-state index contributed by atoms with van der Waals surface area (Å²) in [5, 5.41) is 2.94. The lowest BCUT2D eigenvalue weighted by Crippen LogP contribution is -2.43. The highest BCUT2D eigenvalue weighted by Crippen LogP contribution is 2.12. The average Bonchev–Trinajstić information content (AvgIpc) is 2.68. The first-order valence-electron chi connectivity index (χ1n) is 9.82. The standard InChI is InChI=1S/C22H29N3O3S/c1-24-10-12-25(13-11-24)16-20-5-3-4-19(14-20)15-23-22(26)21-8-6-18(7-9-21)17-29(2,27)28/h3-9,14H,10-13,15-17H2,1-2H3,(H,23,26). The summed E-state index contributed by atoms with van der Waals surface area (Å²) in [4.78, 5) is 17.2. The molecule has 1 saturated heterocycles. The topological polar surface area (TPSA) is 69.7 Å². The van der Waals surface area contributed by atoms with Crippen molar-refractivity contribution in [1.29, 1.82) is 0 Å². The summed E-state index contributed by atoms with van der Waals surface area (Å²) in [5.74, 6) is -0.185. The van der Waals surface area contributed by atoms with Gasteiger partial charge in [-0.2, -0.15) is 0 Å². The lowest BCUT2D eigenvalue weighted by Gasteiger charge is -2.32. The predicted molar refractivity (Wildman–Crippen MR) is 115 cm³/mol. The fourth-order valence-electron chi connectivity index (χ4n) is 3.44. The van der Waals surface area contributed by atoms with E-state index in [2.05, 4.69) is 34.3 Å². The van der Waals surface area contributed by atoms with Crippen LogP contribution in [-0.4, -0.2) is 63.6 Å². The number of nitrogens with zero attached hydrogens (tertiary/aromatic N) is 2. The van der Waals surface area contributed by atoms with Crippen LogP contribution in [0.2, 0.25) is 0 Å². The van der Waals surface area contributed by atoms with Crippen molar-refractivity contribution in [2.24, 2.45) is 0 Å². The number of carbonyl (C=O) groups excluding carboxylic acids is 1. The van der Waals surface area contributed by atoms with Crippen molar-refractivity contribution in [3.05, 3.63) is 70.8 Å². The highest BCUT2D eigenvalue weighted by molar-refractivity contribution is 7.89. The molecule has 0 unspecified atom stereocenters. The van der Waals surface area contributed by atoms with Gasteiger partial charge in [0.1, 0.15) is 0 Å². The molecule has 1 aliphatic heterocycles. The van der Waals surface area contributed by atoms with Crippen LogP contribution in [0.25, 0.3) is 0 Å². The lowest BCUT2D eigenvalue weighted by molar-refractivity contribution is 0.0951. The van der Waals surface area contributed by atoms with Crippen LogP contribution in [0.15, 0.2) is 48.5 Å². The fraction of sp³-hybridized carbons (Fsp3) is 0.409. The Morgan fingerprint density at radius 1 is 0.966 bits per heavy atom. The van der Waals surface area contributed by atoms with E-state index >= 15 is 0 Å². The molecule has 7 heteroatoms. The number of sulfone groups is 1. The zero-order chi connectivity index (χ0) is 20.9.